The van der Waals surface area contributed by atoms with Crippen molar-refractivity contribution in [2.45, 2.75) is 30.4 Å². The summed E-state index contributed by atoms with van der Waals surface area (Å²) in [5, 5.41) is 3.35. The molecule has 2 atom stereocenters. The lowest BCUT2D eigenvalue weighted by molar-refractivity contribution is -0.129. The largest absolute Gasteiger partial charge is 0.337 e. The minimum Gasteiger partial charge on any atom is -0.337 e. The van der Waals surface area contributed by atoms with Crippen LogP contribution in [0.5, 0.6) is 0 Å². The Morgan fingerprint density at radius 2 is 1.79 bits per heavy atom. The Morgan fingerprint density at radius 1 is 1.08 bits per heavy atom. The Balaban J connectivity index is 1.53. The van der Waals surface area contributed by atoms with Crippen LogP contribution in [0, 0.1) is 0 Å². The zero-order valence-corrected chi connectivity index (χ0v) is 14.6. The third-order valence-electron chi connectivity index (χ3n) is 4.32. The number of nitrogens with zero attached hydrogens (tertiary/aromatic N) is 1. The number of rotatable bonds is 6. The van der Waals surface area contributed by atoms with Gasteiger partial charge in [0.25, 0.3) is 0 Å². The first-order valence-electron chi connectivity index (χ1n) is 8.12. The van der Waals surface area contributed by atoms with E-state index >= 15 is 0 Å². The number of carbonyl (C=O) groups is 1. The van der Waals surface area contributed by atoms with Crippen molar-refractivity contribution in [3.63, 3.8) is 0 Å². The molecule has 1 aliphatic heterocycles. The number of hydrogen-bond acceptors (Lipinski definition) is 3. The number of hydrogen-bond donors (Lipinski definition) is 1. The number of carbonyl (C=O) groups excluding carboxylic acids is 1. The van der Waals surface area contributed by atoms with Gasteiger partial charge in [0.15, 0.2) is 0 Å². The smallest absolute Gasteiger partial charge is 0.240 e. The van der Waals surface area contributed by atoms with E-state index in [1.54, 1.807) is 6.26 Å². The number of likely N-dealkylation sites (tertiary alicyclic amines) is 1. The first-order chi connectivity index (χ1) is 11.6. The van der Waals surface area contributed by atoms with Crippen LogP contribution in [0.25, 0.3) is 0 Å². The van der Waals surface area contributed by atoms with Crippen molar-refractivity contribution in [3.05, 3.63) is 65.7 Å². The second-order valence-electron chi connectivity index (χ2n) is 6.07. The van der Waals surface area contributed by atoms with E-state index in [1.165, 1.54) is 0 Å². The van der Waals surface area contributed by atoms with Crippen LogP contribution in [0.2, 0.25) is 0 Å². The summed E-state index contributed by atoms with van der Waals surface area (Å²) in [4.78, 5) is 15.2. The fourth-order valence-electron chi connectivity index (χ4n) is 2.93. The van der Waals surface area contributed by atoms with Crippen LogP contribution >= 0.6 is 0 Å². The molecule has 24 heavy (non-hydrogen) atoms. The van der Waals surface area contributed by atoms with Gasteiger partial charge in [-0.25, -0.2) is 0 Å². The van der Waals surface area contributed by atoms with Crippen molar-refractivity contribution in [2.75, 3.05) is 12.8 Å². The SMILES string of the molecule is CS(=O)c1ccc(CNC2CCN(Cc3ccccc3)C2=O)cc1. The van der Waals surface area contributed by atoms with Crippen LogP contribution in [0.3, 0.4) is 0 Å². The molecule has 1 N–H and O–H groups in total. The molecule has 0 spiro atoms. The monoisotopic (exact) mass is 342 g/mol. The summed E-state index contributed by atoms with van der Waals surface area (Å²) >= 11 is 0. The summed E-state index contributed by atoms with van der Waals surface area (Å²) < 4.78 is 11.4. The van der Waals surface area contributed by atoms with Crippen LogP contribution in [-0.2, 0) is 28.7 Å². The molecule has 0 radical (unpaired) electrons. The van der Waals surface area contributed by atoms with E-state index in [-0.39, 0.29) is 11.9 Å². The highest BCUT2D eigenvalue weighted by Crippen LogP contribution is 2.16. The predicted molar refractivity (Wildman–Crippen MR) is 95.9 cm³/mol. The van der Waals surface area contributed by atoms with E-state index in [4.69, 9.17) is 0 Å². The molecule has 0 aliphatic carbocycles. The van der Waals surface area contributed by atoms with Gasteiger partial charge in [-0.1, -0.05) is 42.5 Å². The van der Waals surface area contributed by atoms with Gasteiger partial charge in [-0.15, -0.1) is 0 Å². The lowest BCUT2D eigenvalue weighted by atomic mass is 10.2. The van der Waals surface area contributed by atoms with Crippen LogP contribution in [0.1, 0.15) is 17.5 Å². The number of nitrogens with one attached hydrogen (secondary N) is 1. The summed E-state index contributed by atoms with van der Waals surface area (Å²) in [5.41, 5.74) is 2.26. The molecule has 2 aromatic rings. The van der Waals surface area contributed by atoms with Gasteiger partial charge in [-0.3, -0.25) is 9.00 Å². The molecule has 5 heteroatoms. The van der Waals surface area contributed by atoms with Gasteiger partial charge >= 0.3 is 0 Å². The summed E-state index contributed by atoms with van der Waals surface area (Å²) in [5.74, 6) is 0.171. The molecule has 3 rings (SSSR count). The molecule has 126 valence electrons. The maximum atomic E-state index is 12.5. The summed E-state index contributed by atoms with van der Waals surface area (Å²) in [6, 6.07) is 17.7. The predicted octanol–water partition coefficient (Wildman–Crippen LogP) is 2.31. The summed E-state index contributed by atoms with van der Waals surface area (Å²) in [7, 11) is -0.954. The standard InChI is InChI=1S/C19H22N2O2S/c1-24(23)17-9-7-15(8-10-17)13-20-18-11-12-21(19(18)22)14-16-5-3-2-4-6-16/h2-10,18,20H,11-14H2,1H3. The molecule has 2 aromatic carbocycles. The number of amides is 1. The van der Waals surface area contributed by atoms with E-state index in [0.717, 1.165) is 29.0 Å². The molecule has 1 aliphatic rings. The highest BCUT2D eigenvalue weighted by Gasteiger charge is 2.30. The van der Waals surface area contributed by atoms with Gasteiger partial charge in [0.05, 0.1) is 6.04 Å². The molecule has 1 fully saturated rings. The minimum absolute atomic E-state index is 0.117. The number of benzene rings is 2. The highest BCUT2D eigenvalue weighted by atomic mass is 32.2. The summed E-state index contributed by atoms with van der Waals surface area (Å²) in [6.45, 7) is 2.11. The first kappa shape index (κ1) is 16.9. The Morgan fingerprint density at radius 3 is 2.46 bits per heavy atom. The quantitative estimate of drug-likeness (QED) is 0.876. The minimum atomic E-state index is -0.954. The van der Waals surface area contributed by atoms with Crippen molar-refractivity contribution >= 4 is 16.7 Å². The zero-order valence-electron chi connectivity index (χ0n) is 13.8. The van der Waals surface area contributed by atoms with Gasteiger partial charge in [-0.05, 0) is 29.7 Å². The average Bonchev–Trinajstić information content (AvgIpc) is 2.94. The molecule has 0 bridgehead atoms. The van der Waals surface area contributed by atoms with Crippen LogP contribution < -0.4 is 5.32 Å². The molecular formula is C19H22N2O2S. The molecule has 0 saturated carbocycles. The maximum Gasteiger partial charge on any atom is 0.240 e. The van der Waals surface area contributed by atoms with Gasteiger partial charge in [0, 0.05) is 41.6 Å². The van der Waals surface area contributed by atoms with Gasteiger partial charge in [-0.2, -0.15) is 0 Å². The second-order valence-corrected chi connectivity index (χ2v) is 7.45. The molecule has 0 aromatic heterocycles. The van der Waals surface area contributed by atoms with E-state index in [1.807, 2.05) is 59.5 Å². The fourth-order valence-corrected chi connectivity index (χ4v) is 3.45. The average molecular weight is 342 g/mol. The van der Waals surface area contributed by atoms with Crippen molar-refractivity contribution in [1.29, 1.82) is 0 Å². The van der Waals surface area contributed by atoms with Crippen molar-refractivity contribution in [3.8, 4) is 0 Å². The third kappa shape index (κ3) is 4.10. The second kappa shape index (κ2) is 7.73. The van der Waals surface area contributed by atoms with Crippen molar-refractivity contribution in [2.24, 2.45) is 0 Å². The Hall–Kier alpha value is -1.98. The maximum absolute atomic E-state index is 12.5. The van der Waals surface area contributed by atoms with E-state index in [0.29, 0.717) is 13.1 Å². The fraction of sp³-hybridized carbons (Fsp3) is 0.316. The lowest BCUT2D eigenvalue weighted by Crippen LogP contribution is -2.37. The topological polar surface area (TPSA) is 49.4 Å². The molecular weight excluding hydrogens is 320 g/mol. The van der Waals surface area contributed by atoms with Crippen LogP contribution in [-0.4, -0.2) is 33.9 Å². The Labute approximate surface area is 145 Å². The van der Waals surface area contributed by atoms with Gasteiger partial charge in [0.1, 0.15) is 0 Å². The first-order valence-corrected chi connectivity index (χ1v) is 9.68. The van der Waals surface area contributed by atoms with Gasteiger partial charge < -0.3 is 10.2 Å². The lowest BCUT2D eigenvalue weighted by Gasteiger charge is -2.17. The van der Waals surface area contributed by atoms with E-state index in [2.05, 4.69) is 5.32 Å². The highest BCUT2D eigenvalue weighted by molar-refractivity contribution is 7.84. The molecule has 1 amide bonds. The van der Waals surface area contributed by atoms with E-state index < -0.39 is 10.8 Å². The molecule has 1 heterocycles. The molecule has 2 unspecified atom stereocenters. The van der Waals surface area contributed by atoms with Crippen LogP contribution in [0.4, 0.5) is 0 Å². The third-order valence-corrected chi connectivity index (χ3v) is 5.26. The molecule has 4 nitrogen and oxygen atoms in total. The summed E-state index contributed by atoms with van der Waals surface area (Å²) in [6.07, 6.45) is 2.51. The normalized spacial score (nSPS) is 18.8. The molecule has 1 saturated heterocycles. The van der Waals surface area contributed by atoms with Crippen molar-refractivity contribution in [1.82, 2.24) is 10.2 Å². The van der Waals surface area contributed by atoms with Crippen LogP contribution in [0.15, 0.2) is 59.5 Å². The van der Waals surface area contributed by atoms with Crippen molar-refractivity contribution < 1.29 is 9.00 Å². The van der Waals surface area contributed by atoms with Gasteiger partial charge in [0.2, 0.25) is 5.91 Å². The zero-order chi connectivity index (χ0) is 16.9. The van der Waals surface area contributed by atoms with E-state index in [9.17, 15) is 9.00 Å². The Kier molecular flexibility index (Phi) is 5.43. The Bertz CT molecular complexity index is 716.